The molecule has 4 atom stereocenters. The van der Waals surface area contributed by atoms with Crippen molar-refractivity contribution in [2.45, 2.75) is 52.1 Å². The van der Waals surface area contributed by atoms with Crippen LogP contribution in [-0.4, -0.2) is 30.8 Å². The van der Waals surface area contributed by atoms with Gasteiger partial charge in [0.15, 0.2) is 0 Å². The average molecular weight is 291 g/mol. The largest absolute Gasteiger partial charge is 0.370 e. The summed E-state index contributed by atoms with van der Waals surface area (Å²) >= 11 is 0. The average Bonchev–Trinajstić information content (AvgIpc) is 2.79. The quantitative estimate of drug-likeness (QED) is 0.876. The van der Waals surface area contributed by atoms with Crippen LogP contribution in [0.2, 0.25) is 0 Å². The van der Waals surface area contributed by atoms with Gasteiger partial charge in [-0.05, 0) is 12.0 Å². The third-order valence-electron chi connectivity index (χ3n) is 4.06. The molecular weight excluding hydrogens is 266 g/mol. The normalized spacial score (nSPS) is 28.5. The molecule has 0 saturated carbocycles. The fraction of sp³-hybridized carbons (Fsp3) is 0.588. The highest BCUT2D eigenvalue weighted by atomic mass is 16.6. The van der Waals surface area contributed by atoms with Crippen molar-refractivity contribution in [3.05, 3.63) is 35.9 Å². The van der Waals surface area contributed by atoms with Crippen LogP contribution in [-0.2, 0) is 20.9 Å². The molecule has 1 aliphatic rings. The molecule has 1 aromatic rings. The lowest BCUT2D eigenvalue weighted by molar-refractivity contribution is -0.120. The van der Waals surface area contributed by atoms with Gasteiger partial charge in [-0.25, -0.2) is 0 Å². The molecule has 0 radical (unpaired) electrons. The molecule has 0 aliphatic carbocycles. The number of hydrogen-bond donors (Lipinski definition) is 1. The Balaban J connectivity index is 1.96. The van der Waals surface area contributed by atoms with E-state index in [4.69, 9.17) is 9.47 Å². The van der Waals surface area contributed by atoms with Crippen LogP contribution < -0.4 is 5.32 Å². The molecule has 21 heavy (non-hydrogen) atoms. The van der Waals surface area contributed by atoms with Gasteiger partial charge in [0.1, 0.15) is 6.10 Å². The smallest absolute Gasteiger partial charge is 0.216 e. The van der Waals surface area contributed by atoms with Gasteiger partial charge in [-0.3, -0.25) is 4.79 Å². The molecule has 1 amide bonds. The van der Waals surface area contributed by atoms with Gasteiger partial charge in [-0.2, -0.15) is 0 Å². The molecule has 0 spiro atoms. The van der Waals surface area contributed by atoms with Crippen LogP contribution in [0, 0.1) is 5.92 Å². The van der Waals surface area contributed by atoms with Crippen molar-refractivity contribution in [3.8, 4) is 0 Å². The Hall–Kier alpha value is -1.39. The van der Waals surface area contributed by atoms with E-state index in [0.29, 0.717) is 19.1 Å². The van der Waals surface area contributed by atoms with Crippen molar-refractivity contribution >= 4 is 5.91 Å². The zero-order chi connectivity index (χ0) is 15.2. The molecule has 0 bridgehead atoms. The van der Waals surface area contributed by atoms with Crippen molar-refractivity contribution < 1.29 is 14.3 Å². The predicted molar refractivity (Wildman–Crippen MR) is 81.8 cm³/mol. The zero-order valence-corrected chi connectivity index (χ0v) is 13.0. The number of carbonyl (C=O) groups is 1. The topological polar surface area (TPSA) is 47.6 Å². The molecular formula is C17H25NO3. The summed E-state index contributed by atoms with van der Waals surface area (Å²) in [4.78, 5) is 11.1. The second-order valence-corrected chi connectivity index (χ2v) is 5.68. The Morgan fingerprint density at radius 3 is 2.62 bits per heavy atom. The van der Waals surface area contributed by atoms with Crippen LogP contribution >= 0.6 is 0 Å². The number of amides is 1. The molecule has 4 nitrogen and oxygen atoms in total. The maximum absolute atomic E-state index is 11.1. The number of nitrogens with one attached hydrogen (secondary N) is 1. The molecule has 0 unspecified atom stereocenters. The second-order valence-electron chi connectivity index (χ2n) is 5.68. The van der Waals surface area contributed by atoms with Crippen LogP contribution in [0.4, 0.5) is 0 Å². The Morgan fingerprint density at radius 1 is 1.29 bits per heavy atom. The third-order valence-corrected chi connectivity index (χ3v) is 4.06. The molecule has 0 aromatic heterocycles. The summed E-state index contributed by atoms with van der Waals surface area (Å²) in [6, 6.07) is 10.1. The molecule has 1 saturated heterocycles. The summed E-state index contributed by atoms with van der Waals surface area (Å²) in [5.41, 5.74) is 1.16. The second kappa shape index (κ2) is 7.57. The van der Waals surface area contributed by atoms with Gasteiger partial charge in [-0.1, -0.05) is 44.2 Å². The first-order valence-corrected chi connectivity index (χ1v) is 7.67. The molecule has 1 fully saturated rings. The third kappa shape index (κ3) is 4.29. The van der Waals surface area contributed by atoms with Crippen molar-refractivity contribution in [3.63, 3.8) is 0 Å². The van der Waals surface area contributed by atoms with Crippen LogP contribution in [0.1, 0.15) is 32.8 Å². The minimum absolute atomic E-state index is 0.0157. The summed E-state index contributed by atoms with van der Waals surface area (Å²) in [6.45, 7) is 6.89. The first kappa shape index (κ1) is 16.0. The van der Waals surface area contributed by atoms with Crippen molar-refractivity contribution in [1.29, 1.82) is 0 Å². The van der Waals surface area contributed by atoms with Gasteiger partial charge >= 0.3 is 0 Å². The van der Waals surface area contributed by atoms with Gasteiger partial charge in [0, 0.05) is 19.4 Å². The lowest BCUT2D eigenvalue weighted by atomic mass is 9.96. The molecule has 1 N–H and O–H groups in total. The van der Waals surface area contributed by atoms with E-state index in [-0.39, 0.29) is 24.2 Å². The van der Waals surface area contributed by atoms with Crippen LogP contribution in [0.25, 0.3) is 0 Å². The van der Waals surface area contributed by atoms with Crippen LogP contribution in [0.5, 0.6) is 0 Å². The van der Waals surface area contributed by atoms with Crippen molar-refractivity contribution in [2.24, 2.45) is 5.92 Å². The molecule has 1 heterocycles. The van der Waals surface area contributed by atoms with E-state index < -0.39 is 0 Å². The number of carbonyl (C=O) groups excluding carboxylic acids is 1. The lowest BCUT2D eigenvalue weighted by Gasteiger charge is -2.22. The van der Waals surface area contributed by atoms with Gasteiger partial charge < -0.3 is 14.8 Å². The van der Waals surface area contributed by atoms with Gasteiger partial charge in [-0.15, -0.1) is 0 Å². The summed E-state index contributed by atoms with van der Waals surface area (Å²) < 4.78 is 12.1. The van der Waals surface area contributed by atoms with E-state index in [1.165, 1.54) is 6.92 Å². The Bertz CT molecular complexity index is 449. The highest BCUT2D eigenvalue weighted by molar-refractivity contribution is 5.72. The maximum Gasteiger partial charge on any atom is 0.216 e. The SMILES string of the molecule is CC[C@H]1O[C@@H](CNC(C)=O)[C@H](OCc2ccccc2)[C@@H]1C. The first-order chi connectivity index (χ1) is 10.1. The molecule has 1 aliphatic heterocycles. The number of benzene rings is 1. The summed E-state index contributed by atoms with van der Waals surface area (Å²) in [6.07, 6.45) is 1.10. The maximum atomic E-state index is 11.1. The zero-order valence-electron chi connectivity index (χ0n) is 13.0. The lowest BCUT2D eigenvalue weighted by Crippen LogP contribution is -2.38. The fourth-order valence-corrected chi connectivity index (χ4v) is 2.88. The Kier molecular flexibility index (Phi) is 5.76. The number of hydrogen-bond acceptors (Lipinski definition) is 3. The minimum Gasteiger partial charge on any atom is -0.370 e. The standard InChI is InChI=1S/C17H25NO3/c1-4-15-12(2)17(16(21-15)10-18-13(3)19)20-11-14-8-6-5-7-9-14/h5-9,12,15-17H,4,10-11H2,1-3H3,(H,18,19)/t12-,15-,16+,17-/m1/s1. The van der Waals surface area contributed by atoms with E-state index >= 15 is 0 Å². The van der Waals surface area contributed by atoms with E-state index in [9.17, 15) is 4.79 Å². The molecule has 1 aromatic carbocycles. The van der Waals surface area contributed by atoms with Crippen molar-refractivity contribution in [2.75, 3.05) is 6.54 Å². The minimum atomic E-state index is -0.0717. The highest BCUT2D eigenvalue weighted by Crippen LogP contribution is 2.31. The van der Waals surface area contributed by atoms with Gasteiger partial charge in [0.25, 0.3) is 0 Å². The van der Waals surface area contributed by atoms with E-state index in [2.05, 4.69) is 31.3 Å². The summed E-state index contributed by atoms with van der Waals surface area (Å²) in [5.74, 6) is 0.297. The Labute approximate surface area is 126 Å². The summed E-state index contributed by atoms with van der Waals surface area (Å²) in [5, 5.41) is 2.84. The highest BCUT2D eigenvalue weighted by Gasteiger charge is 2.41. The molecule has 4 heteroatoms. The number of rotatable bonds is 6. The number of ether oxygens (including phenoxy) is 2. The van der Waals surface area contributed by atoms with E-state index in [1.54, 1.807) is 0 Å². The first-order valence-electron chi connectivity index (χ1n) is 7.67. The fourth-order valence-electron chi connectivity index (χ4n) is 2.88. The van der Waals surface area contributed by atoms with Crippen LogP contribution in [0.15, 0.2) is 30.3 Å². The summed E-state index contributed by atoms with van der Waals surface area (Å²) in [7, 11) is 0. The van der Waals surface area contributed by atoms with E-state index in [1.807, 2.05) is 18.2 Å². The Morgan fingerprint density at radius 2 is 2.00 bits per heavy atom. The monoisotopic (exact) mass is 291 g/mol. The molecule has 116 valence electrons. The van der Waals surface area contributed by atoms with Crippen molar-refractivity contribution in [1.82, 2.24) is 5.32 Å². The van der Waals surface area contributed by atoms with Gasteiger partial charge in [0.05, 0.1) is 18.8 Å². The predicted octanol–water partition coefficient (Wildman–Crippen LogP) is 2.52. The molecule has 2 rings (SSSR count). The van der Waals surface area contributed by atoms with E-state index in [0.717, 1.165) is 12.0 Å². The van der Waals surface area contributed by atoms with Crippen LogP contribution in [0.3, 0.4) is 0 Å². The van der Waals surface area contributed by atoms with Gasteiger partial charge in [0.2, 0.25) is 5.91 Å².